The second kappa shape index (κ2) is 6.89. The van der Waals surface area contributed by atoms with Crippen molar-refractivity contribution in [3.8, 4) is 0 Å². The van der Waals surface area contributed by atoms with Gasteiger partial charge in [-0.1, -0.05) is 6.92 Å². The van der Waals surface area contributed by atoms with E-state index in [1.54, 1.807) is 0 Å². The molecule has 0 amide bonds. The van der Waals surface area contributed by atoms with Crippen LogP contribution in [0.3, 0.4) is 0 Å². The van der Waals surface area contributed by atoms with Crippen LogP contribution in [0.25, 0.3) is 0 Å². The summed E-state index contributed by atoms with van der Waals surface area (Å²) in [6, 6.07) is 0.883. The number of rotatable bonds is 1. The average Bonchev–Trinajstić information content (AvgIpc) is 2.57. The van der Waals surface area contributed by atoms with Gasteiger partial charge in [-0.3, -0.25) is 0 Å². The van der Waals surface area contributed by atoms with Gasteiger partial charge >= 0.3 is 0 Å². The Bertz CT molecular complexity index is 149. The number of likely N-dealkylation sites (tertiary alicyclic amines) is 1. The molecule has 0 aromatic carbocycles. The van der Waals surface area contributed by atoms with E-state index in [0.717, 1.165) is 12.0 Å². The summed E-state index contributed by atoms with van der Waals surface area (Å²) in [6.07, 6.45) is 4.22. The molecule has 2 saturated heterocycles. The number of nitrogens with zero attached hydrogens (tertiary/aromatic N) is 1. The van der Waals surface area contributed by atoms with Crippen LogP contribution in [0.2, 0.25) is 0 Å². The predicted octanol–water partition coefficient (Wildman–Crippen LogP) is 1.92. The topological polar surface area (TPSA) is 15.3 Å². The van der Waals surface area contributed by atoms with E-state index in [9.17, 15) is 0 Å². The van der Waals surface area contributed by atoms with Crippen molar-refractivity contribution in [2.24, 2.45) is 5.92 Å². The Morgan fingerprint density at radius 2 is 1.79 bits per heavy atom. The minimum atomic E-state index is 0. The van der Waals surface area contributed by atoms with Gasteiger partial charge in [0.15, 0.2) is 0 Å². The highest BCUT2D eigenvalue weighted by Crippen LogP contribution is 2.21. The zero-order chi connectivity index (χ0) is 8.39. The number of hydrogen-bond acceptors (Lipinski definition) is 2. The first-order valence-corrected chi connectivity index (χ1v) is 5.32. The Labute approximate surface area is 99.6 Å². The first-order chi connectivity index (χ1) is 5.88. The molecule has 86 valence electrons. The summed E-state index contributed by atoms with van der Waals surface area (Å²) in [5.74, 6) is 0.858. The lowest BCUT2D eigenvalue weighted by Crippen LogP contribution is -2.47. The van der Waals surface area contributed by atoms with Crippen molar-refractivity contribution in [2.75, 3.05) is 26.2 Å². The van der Waals surface area contributed by atoms with Crippen LogP contribution >= 0.6 is 24.8 Å². The summed E-state index contributed by atoms with van der Waals surface area (Å²) in [5, 5.41) is 3.46. The molecule has 2 aliphatic rings. The van der Waals surface area contributed by atoms with Gasteiger partial charge in [0.1, 0.15) is 0 Å². The Balaban J connectivity index is 0.000000845. The summed E-state index contributed by atoms with van der Waals surface area (Å²) in [7, 11) is 0. The van der Waals surface area contributed by atoms with Gasteiger partial charge in [0, 0.05) is 6.04 Å². The maximum Gasteiger partial charge on any atom is 0.0145 e. The van der Waals surface area contributed by atoms with Crippen LogP contribution in [0, 0.1) is 5.92 Å². The summed E-state index contributed by atoms with van der Waals surface area (Å²) in [5.41, 5.74) is 0. The van der Waals surface area contributed by atoms with E-state index < -0.39 is 0 Å². The van der Waals surface area contributed by atoms with Crippen molar-refractivity contribution >= 4 is 24.8 Å². The molecule has 0 aromatic rings. The highest BCUT2D eigenvalue weighted by atomic mass is 35.5. The number of piperidine rings is 1. The van der Waals surface area contributed by atoms with Crippen LogP contribution in [0.15, 0.2) is 0 Å². The normalized spacial score (nSPS) is 33.2. The standard InChI is InChI=1S/C10H20N2.2ClH/c1-9-8-11-5-4-10(9)12-6-2-3-7-12;;/h9-11H,2-8H2,1H3;2*1H/t9-,10+;;/m0../s1. The average molecular weight is 241 g/mol. The third-order valence-corrected chi connectivity index (χ3v) is 3.35. The first kappa shape index (κ1) is 14.5. The van der Waals surface area contributed by atoms with Crippen LogP contribution in [0.4, 0.5) is 0 Å². The lowest BCUT2D eigenvalue weighted by Gasteiger charge is -2.36. The lowest BCUT2D eigenvalue weighted by molar-refractivity contribution is 0.148. The maximum atomic E-state index is 3.46. The minimum absolute atomic E-state index is 0. The van der Waals surface area contributed by atoms with Crippen molar-refractivity contribution in [1.82, 2.24) is 10.2 Å². The van der Waals surface area contributed by atoms with Gasteiger partial charge in [-0.15, -0.1) is 24.8 Å². The van der Waals surface area contributed by atoms with Crippen molar-refractivity contribution < 1.29 is 0 Å². The number of hydrogen-bond donors (Lipinski definition) is 1. The molecule has 2 heterocycles. The lowest BCUT2D eigenvalue weighted by atomic mass is 9.94. The van der Waals surface area contributed by atoms with Crippen molar-refractivity contribution in [1.29, 1.82) is 0 Å². The molecule has 0 radical (unpaired) electrons. The second-order valence-corrected chi connectivity index (χ2v) is 4.28. The van der Waals surface area contributed by atoms with Gasteiger partial charge in [-0.2, -0.15) is 0 Å². The molecule has 0 unspecified atom stereocenters. The summed E-state index contributed by atoms with van der Waals surface area (Å²) in [6.45, 7) is 7.55. The Morgan fingerprint density at radius 3 is 2.36 bits per heavy atom. The fourth-order valence-corrected chi connectivity index (χ4v) is 2.62. The molecule has 1 N–H and O–H groups in total. The molecule has 2 aliphatic heterocycles. The van der Waals surface area contributed by atoms with Crippen LogP contribution in [-0.2, 0) is 0 Å². The third kappa shape index (κ3) is 3.27. The van der Waals surface area contributed by atoms with E-state index in [1.165, 1.54) is 45.4 Å². The molecule has 0 aliphatic carbocycles. The highest BCUT2D eigenvalue weighted by molar-refractivity contribution is 5.85. The molecular formula is C10H22Cl2N2. The summed E-state index contributed by atoms with van der Waals surface area (Å²) >= 11 is 0. The monoisotopic (exact) mass is 240 g/mol. The number of nitrogens with one attached hydrogen (secondary N) is 1. The Kier molecular flexibility index (Phi) is 7.13. The number of halogens is 2. The molecule has 4 heteroatoms. The van der Waals surface area contributed by atoms with Gasteiger partial charge in [-0.25, -0.2) is 0 Å². The molecule has 2 atom stereocenters. The van der Waals surface area contributed by atoms with E-state index in [0.29, 0.717) is 0 Å². The fourth-order valence-electron chi connectivity index (χ4n) is 2.62. The Hall–Kier alpha value is 0.500. The maximum absolute atomic E-state index is 3.46. The molecule has 2 nitrogen and oxygen atoms in total. The van der Waals surface area contributed by atoms with Gasteiger partial charge in [0.2, 0.25) is 0 Å². The SMILES string of the molecule is C[C@H]1CNCC[C@H]1N1CCCC1.Cl.Cl. The quantitative estimate of drug-likeness (QED) is 0.754. The molecule has 0 bridgehead atoms. The second-order valence-electron chi connectivity index (χ2n) is 4.28. The van der Waals surface area contributed by atoms with Crippen LogP contribution < -0.4 is 5.32 Å². The molecular weight excluding hydrogens is 219 g/mol. The van der Waals surface area contributed by atoms with E-state index in [2.05, 4.69) is 17.1 Å². The molecule has 14 heavy (non-hydrogen) atoms. The van der Waals surface area contributed by atoms with Crippen LogP contribution in [-0.4, -0.2) is 37.1 Å². The van der Waals surface area contributed by atoms with Crippen molar-refractivity contribution in [2.45, 2.75) is 32.2 Å². The van der Waals surface area contributed by atoms with Gasteiger partial charge in [0.25, 0.3) is 0 Å². The summed E-state index contributed by atoms with van der Waals surface area (Å²) in [4.78, 5) is 2.70. The van der Waals surface area contributed by atoms with Crippen LogP contribution in [0.5, 0.6) is 0 Å². The van der Waals surface area contributed by atoms with Gasteiger partial charge < -0.3 is 10.2 Å². The van der Waals surface area contributed by atoms with Crippen LogP contribution in [0.1, 0.15) is 26.2 Å². The largest absolute Gasteiger partial charge is 0.316 e. The molecule has 2 fully saturated rings. The Morgan fingerprint density at radius 1 is 1.14 bits per heavy atom. The zero-order valence-electron chi connectivity index (χ0n) is 8.87. The van der Waals surface area contributed by atoms with Gasteiger partial charge in [0.05, 0.1) is 0 Å². The smallest absolute Gasteiger partial charge is 0.0145 e. The van der Waals surface area contributed by atoms with E-state index in [1.807, 2.05) is 0 Å². The van der Waals surface area contributed by atoms with Crippen molar-refractivity contribution in [3.63, 3.8) is 0 Å². The molecule has 2 rings (SSSR count). The van der Waals surface area contributed by atoms with Crippen molar-refractivity contribution in [3.05, 3.63) is 0 Å². The zero-order valence-corrected chi connectivity index (χ0v) is 10.5. The molecule has 0 spiro atoms. The first-order valence-electron chi connectivity index (χ1n) is 5.32. The minimum Gasteiger partial charge on any atom is -0.316 e. The molecule has 0 saturated carbocycles. The molecule has 0 aromatic heterocycles. The van der Waals surface area contributed by atoms with E-state index in [4.69, 9.17) is 0 Å². The van der Waals surface area contributed by atoms with E-state index in [-0.39, 0.29) is 24.8 Å². The third-order valence-electron chi connectivity index (χ3n) is 3.35. The highest BCUT2D eigenvalue weighted by Gasteiger charge is 2.28. The fraction of sp³-hybridized carbons (Fsp3) is 1.00. The predicted molar refractivity (Wildman–Crippen MR) is 65.7 cm³/mol. The van der Waals surface area contributed by atoms with Gasteiger partial charge in [-0.05, 0) is 51.4 Å². The van der Waals surface area contributed by atoms with E-state index >= 15 is 0 Å². The summed E-state index contributed by atoms with van der Waals surface area (Å²) < 4.78 is 0.